The first kappa shape index (κ1) is 21.7. The largest absolute Gasteiger partial charge is 0.326 e. The van der Waals surface area contributed by atoms with Crippen LogP contribution in [0.4, 0.5) is 11.4 Å². The second kappa shape index (κ2) is 9.55. The lowest BCUT2D eigenvalue weighted by Crippen LogP contribution is -2.19. The first-order valence-corrected chi connectivity index (χ1v) is 9.97. The maximum absolute atomic E-state index is 12.3. The van der Waals surface area contributed by atoms with Crippen LogP contribution in [-0.2, 0) is 18.3 Å². The number of aromatic nitrogens is 1. The van der Waals surface area contributed by atoms with Gasteiger partial charge in [0.05, 0.1) is 12.1 Å². The number of rotatable bonds is 4. The van der Waals surface area contributed by atoms with E-state index in [2.05, 4.69) is 26.2 Å². The van der Waals surface area contributed by atoms with Crippen LogP contribution >= 0.6 is 51.3 Å². The van der Waals surface area contributed by atoms with E-state index >= 15 is 0 Å². The van der Waals surface area contributed by atoms with Crippen molar-refractivity contribution in [3.05, 3.63) is 73.4 Å². The van der Waals surface area contributed by atoms with Gasteiger partial charge in [0.25, 0.3) is 0 Å². The van der Waals surface area contributed by atoms with Crippen molar-refractivity contribution < 1.29 is 4.79 Å². The number of anilines is 1. The van der Waals surface area contributed by atoms with Crippen LogP contribution in [0, 0.1) is 6.92 Å². The number of amides is 1. The third kappa shape index (κ3) is 5.69. The predicted molar refractivity (Wildman–Crippen MR) is 118 cm³/mol. The molecule has 3 rings (SSSR count). The van der Waals surface area contributed by atoms with Crippen molar-refractivity contribution in [2.75, 3.05) is 5.32 Å². The molecule has 1 heterocycles. The SMILES string of the molecule is Cc1ccc(NC(=O)Cc2cs/c(=N/c3ccc(Br)cc3)n2C)cc1Cl.Cl. The summed E-state index contributed by atoms with van der Waals surface area (Å²) in [7, 11) is 1.92. The van der Waals surface area contributed by atoms with Gasteiger partial charge in [-0.3, -0.25) is 4.79 Å². The van der Waals surface area contributed by atoms with Gasteiger partial charge in [-0.15, -0.1) is 23.7 Å². The molecule has 0 unspecified atom stereocenters. The quantitative estimate of drug-likeness (QED) is 0.509. The molecule has 142 valence electrons. The maximum Gasteiger partial charge on any atom is 0.230 e. The van der Waals surface area contributed by atoms with E-state index in [1.54, 1.807) is 6.07 Å². The van der Waals surface area contributed by atoms with E-state index in [4.69, 9.17) is 11.6 Å². The summed E-state index contributed by atoms with van der Waals surface area (Å²) in [6, 6.07) is 13.3. The molecule has 0 radical (unpaired) electrons. The van der Waals surface area contributed by atoms with E-state index in [0.29, 0.717) is 10.7 Å². The van der Waals surface area contributed by atoms with Gasteiger partial charge >= 0.3 is 0 Å². The fourth-order valence-electron chi connectivity index (χ4n) is 2.33. The number of benzene rings is 2. The minimum Gasteiger partial charge on any atom is -0.326 e. The molecular weight excluding hydrogens is 469 g/mol. The lowest BCUT2D eigenvalue weighted by atomic mass is 10.2. The number of carbonyl (C=O) groups excluding carboxylic acids is 1. The van der Waals surface area contributed by atoms with Crippen LogP contribution in [0.5, 0.6) is 0 Å². The van der Waals surface area contributed by atoms with Gasteiger partial charge in [-0.05, 0) is 48.9 Å². The number of thiazole rings is 1. The molecule has 3 aromatic rings. The lowest BCUT2D eigenvalue weighted by Gasteiger charge is -2.07. The molecule has 2 aromatic carbocycles. The predicted octanol–water partition coefficient (Wildman–Crippen LogP) is 5.65. The summed E-state index contributed by atoms with van der Waals surface area (Å²) in [5.41, 5.74) is 3.45. The van der Waals surface area contributed by atoms with Crippen LogP contribution in [0.25, 0.3) is 0 Å². The Morgan fingerprint density at radius 1 is 1.26 bits per heavy atom. The van der Waals surface area contributed by atoms with Crippen LogP contribution in [0.2, 0.25) is 5.02 Å². The molecule has 1 N–H and O–H groups in total. The fraction of sp³-hybridized carbons (Fsp3) is 0.158. The summed E-state index contributed by atoms with van der Waals surface area (Å²) in [5.74, 6) is -0.0893. The molecule has 0 saturated carbocycles. The number of hydrogen-bond donors (Lipinski definition) is 1. The average molecular weight is 487 g/mol. The first-order chi connectivity index (χ1) is 12.4. The third-order valence-electron chi connectivity index (χ3n) is 3.87. The number of hydrogen-bond acceptors (Lipinski definition) is 3. The zero-order valence-corrected chi connectivity index (χ0v) is 18.7. The van der Waals surface area contributed by atoms with Gasteiger partial charge < -0.3 is 9.88 Å². The molecule has 0 spiro atoms. The van der Waals surface area contributed by atoms with Crippen LogP contribution in [0.3, 0.4) is 0 Å². The first-order valence-electron chi connectivity index (χ1n) is 7.92. The number of nitrogens with zero attached hydrogens (tertiary/aromatic N) is 2. The summed E-state index contributed by atoms with van der Waals surface area (Å²) in [6.45, 7) is 1.93. The van der Waals surface area contributed by atoms with Crippen molar-refractivity contribution in [1.82, 2.24) is 4.57 Å². The highest BCUT2D eigenvalue weighted by atomic mass is 79.9. The fourth-order valence-corrected chi connectivity index (χ4v) is 3.69. The average Bonchev–Trinajstić information content (AvgIpc) is 2.93. The Kier molecular flexibility index (Phi) is 7.68. The Labute approximate surface area is 181 Å². The van der Waals surface area contributed by atoms with Gasteiger partial charge in [-0.1, -0.05) is 33.6 Å². The van der Waals surface area contributed by atoms with Gasteiger partial charge in [0.15, 0.2) is 4.80 Å². The molecule has 0 aliphatic rings. The van der Waals surface area contributed by atoms with Gasteiger partial charge in [0.1, 0.15) is 0 Å². The zero-order valence-electron chi connectivity index (χ0n) is 14.7. The van der Waals surface area contributed by atoms with Crippen LogP contribution in [0.15, 0.2) is 57.3 Å². The molecule has 0 atom stereocenters. The molecule has 0 fully saturated rings. The molecule has 0 aliphatic carbocycles. The Balaban J connectivity index is 0.00000261. The molecule has 0 bridgehead atoms. The molecule has 4 nitrogen and oxygen atoms in total. The minimum absolute atomic E-state index is 0. The van der Waals surface area contributed by atoms with Gasteiger partial charge in [-0.25, -0.2) is 4.99 Å². The maximum atomic E-state index is 12.3. The van der Waals surface area contributed by atoms with Crippen molar-refractivity contribution in [1.29, 1.82) is 0 Å². The normalized spacial score (nSPS) is 11.2. The van der Waals surface area contributed by atoms with Crippen molar-refractivity contribution in [3.63, 3.8) is 0 Å². The molecule has 8 heteroatoms. The monoisotopic (exact) mass is 485 g/mol. The van der Waals surface area contributed by atoms with E-state index in [-0.39, 0.29) is 24.7 Å². The van der Waals surface area contributed by atoms with E-state index in [1.807, 2.05) is 60.3 Å². The number of aryl methyl sites for hydroxylation is 1. The van der Waals surface area contributed by atoms with Crippen molar-refractivity contribution in [3.8, 4) is 0 Å². The highest BCUT2D eigenvalue weighted by Crippen LogP contribution is 2.20. The Morgan fingerprint density at radius 3 is 2.63 bits per heavy atom. The Bertz CT molecular complexity index is 1010. The van der Waals surface area contributed by atoms with E-state index < -0.39 is 0 Å². The Morgan fingerprint density at radius 2 is 1.96 bits per heavy atom. The molecule has 0 aliphatic heterocycles. The van der Waals surface area contributed by atoms with Gasteiger partial charge in [0, 0.05) is 33.3 Å². The van der Waals surface area contributed by atoms with Crippen LogP contribution < -0.4 is 10.1 Å². The van der Waals surface area contributed by atoms with Gasteiger partial charge in [-0.2, -0.15) is 0 Å². The number of halogens is 3. The highest BCUT2D eigenvalue weighted by Gasteiger charge is 2.09. The topological polar surface area (TPSA) is 46.4 Å². The summed E-state index contributed by atoms with van der Waals surface area (Å²) in [4.78, 5) is 17.8. The van der Waals surface area contributed by atoms with Crippen molar-refractivity contribution in [2.24, 2.45) is 12.0 Å². The van der Waals surface area contributed by atoms with Crippen LogP contribution in [-0.4, -0.2) is 10.5 Å². The van der Waals surface area contributed by atoms with Crippen molar-refractivity contribution >= 4 is 68.6 Å². The van der Waals surface area contributed by atoms with Gasteiger partial charge in [0.2, 0.25) is 5.91 Å². The van der Waals surface area contributed by atoms with Crippen LogP contribution in [0.1, 0.15) is 11.3 Å². The van der Waals surface area contributed by atoms with E-state index in [9.17, 15) is 4.79 Å². The molecule has 27 heavy (non-hydrogen) atoms. The summed E-state index contributed by atoms with van der Waals surface area (Å²) >= 11 is 11.0. The number of carbonyl (C=O) groups is 1. The molecule has 1 amide bonds. The van der Waals surface area contributed by atoms with E-state index in [0.717, 1.165) is 26.2 Å². The summed E-state index contributed by atoms with van der Waals surface area (Å²) < 4.78 is 2.95. The molecule has 0 saturated heterocycles. The Hall–Kier alpha value is -1.60. The highest BCUT2D eigenvalue weighted by molar-refractivity contribution is 9.10. The smallest absolute Gasteiger partial charge is 0.230 e. The minimum atomic E-state index is -0.0893. The zero-order chi connectivity index (χ0) is 18.7. The second-order valence-electron chi connectivity index (χ2n) is 5.85. The third-order valence-corrected chi connectivity index (χ3v) is 5.77. The van der Waals surface area contributed by atoms with Crippen molar-refractivity contribution in [2.45, 2.75) is 13.3 Å². The second-order valence-corrected chi connectivity index (χ2v) is 8.01. The number of nitrogens with one attached hydrogen (secondary N) is 1. The summed E-state index contributed by atoms with van der Waals surface area (Å²) in [6.07, 6.45) is 0.272. The molecule has 1 aromatic heterocycles. The lowest BCUT2D eigenvalue weighted by molar-refractivity contribution is -0.115. The summed E-state index contributed by atoms with van der Waals surface area (Å²) in [5, 5.41) is 5.48. The van der Waals surface area contributed by atoms with E-state index in [1.165, 1.54) is 11.3 Å². The molecular formula is C19H18BrCl2N3OS. The standard InChI is InChI=1S/C19H17BrClN3OS.ClH/c1-12-3-6-15(9-17(12)21)22-18(25)10-16-11-26-19(24(16)2)23-14-7-4-13(20)5-8-14;/h3-9,11H,10H2,1-2H3,(H,22,25);1H/b23-19+;.